The molecule has 0 aliphatic heterocycles. The number of amides is 1. The number of carbonyl (C=O) groups excluding carboxylic acids is 1. The third kappa shape index (κ3) is 3.28. The maximum Gasteiger partial charge on any atom is 0.240 e. The van der Waals surface area contributed by atoms with Crippen molar-refractivity contribution in [3.63, 3.8) is 0 Å². The number of nitrogens with two attached hydrogens (primary N) is 1. The van der Waals surface area contributed by atoms with Gasteiger partial charge in [0, 0.05) is 11.1 Å². The van der Waals surface area contributed by atoms with Crippen LogP contribution in [-0.2, 0) is 4.79 Å². The number of carbonyl (C=O) groups is 1. The van der Waals surface area contributed by atoms with Gasteiger partial charge in [0.2, 0.25) is 5.91 Å². The number of aryl methyl sites for hydroxylation is 1. The van der Waals surface area contributed by atoms with Crippen LogP contribution in [0.2, 0.25) is 0 Å². The van der Waals surface area contributed by atoms with Gasteiger partial charge in [0.25, 0.3) is 0 Å². The van der Waals surface area contributed by atoms with E-state index in [9.17, 15) is 4.79 Å². The molecule has 0 bridgehead atoms. The number of aromatic nitrogens is 1. The van der Waals surface area contributed by atoms with Gasteiger partial charge in [-0.15, -0.1) is 11.3 Å². The molecule has 0 fully saturated rings. The minimum absolute atomic E-state index is 0.0842. The van der Waals surface area contributed by atoms with Gasteiger partial charge < -0.3 is 11.1 Å². The highest BCUT2D eigenvalue weighted by molar-refractivity contribution is 7.11. The van der Waals surface area contributed by atoms with Gasteiger partial charge >= 0.3 is 0 Å². The van der Waals surface area contributed by atoms with Crippen LogP contribution in [0.5, 0.6) is 0 Å². The monoisotopic (exact) mass is 227 g/mol. The number of nitrogens with one attached hydrogen (secondary N) is 1. The topological polar surface area (TPSA) is 68.0 Å². The molecule has 0 aliphatic carbocycles. The van der Waals surface area contributed by atoms with Crippen LogP contribution in [-0.4, -0.2) is 16.4 Å². The van der Waals surface area contributed by atoms with Crippen LogP contribution in [0.3, 0.4) is 0 Å². The van der Waals surface area contributed by atoms with E-state index in [1.807, 2.05) is 13.8 Å². The average molecular weight is 227 g/mol. The van der Waals surface area contributed by atoms with Crippen LogP contribution in [0, 0.1) is 6.92 Å². The highest BCUT2D eigenvalue weighted by Gasteiger charge is 2.24. The molecule has 0 radical (unpaired) electrons. The molecule has 1 amide bonds. The highest BCUT2D eigenvalue weighted by atomic mass is 32.1. The molecule has 0 saturated heterocycles. The summed E-state index contributed by atoms with van der Waals surface area (Å²) in [6, 6.07) is -0.0842. The molecule has 3 N–H and O–H groups in total. The summed E-state index contributed by atoms with van der Waals surface area (Å²) in [7, 11) is 0. The van der Waals surface area contributed by atoms with Gasteiger partial charge in [0.1, 0.15) is 5.01 Å². The molecule has 84 valence electrons. The van der Waals surface area contributed by atoms with Crippen LogP contribution in [0.15, 0.2) is 6.20 Å². The molecule has 1 aromatic heterocycles. The molecule has 0 aliphatic rings. The number of nitrogens with zero attached hydrogens (tertiary/aromatic N) is 1. The van der Waals surface area contributed by atoms with Crippen LogP contribution in [0.1, 0.15) is 36.7 Å². The summed E-state index contributed by atoms with van der Waals surface area (Å²) in [5, 5.41) is 3.74. The molecular weight excluding hydrogens is 210 g/mol. The first-order valence-electron chi connectivity index (χ1n) is 4.83. The first kappa shape index (κ1) is 12.1. The highest BCUT2D eigenvalue weighted by Crippen LogP contribution is 2.19. The molecule has 1 heterocycles. The van der Waals surface area contributed by atoms with E-state index < -0.39 is 5.54 Å². The molecule has 0 saturated carbocycles. The number of rotatable bonds is 3. The van der Waals surface area contributed by atoms with E-state index in [4.69, 9.17) is 5.73 Å². The summed E-state index contributed by atoms with van der Waals surface area (Å²) in [6.07, 6.45) is 1.80. The number of thiazole rings is 1. The second kappa shape index (κ2) is 4.28. The molecule has 0 aromatic carbocycles. The summed E-state index contributed by atoms with van der Waals surface area (Å²) in [4.78, 5) is 16.9. The van der Waals surface area contributed by atoms with Crippen molar-refractivity contribution in [3.8, 4) is 0 Å². The largest absolute Gasteiger partial charge is 0.346 e. The van der Waals surface area contributed by atoms with Crippen molar-refractivity contribution in [1.29, 1.82) is 0 Å². The predicted octanol–water partition coefficient (Wildman–Crippen LogP) is 1.37. The lowest BCUT2D eigenvalue weighted by molar-refractivity contribution is -0.125. The summed E-state index contributed by atoms with van der Waals surface area (Å²) >= 11 is 1.58. The second-order valence-electron chi connectivity index (χ2n) is 4.23. The molecule has 1 unspecified atom stereocenters. The zero-order valence-corrected chi connectivity index (χ0v) is 10.3. The zero-order chi connectivity index (χ0) is 11.6. The van der Waals surface area contributed by atoms with Crippen molar-refractivity contribution in [2.45, 2.75) is 39.3 Å². The summed E-state index contributed by atoms with van der Waals surface area (Å²) < 4.78 is 0. The fourth-order valence-corrected chi connectivity index (χ4v) is 1.79. The standard InChI is InChI=1S/C10H17N3OS/c1-6-5-12-8(15-6)7(2)13-9(14)10(3,4)11/h5,7H,11H2,1-4H3,(H,13,14). The lowest BCUT2D eigenvalue weighted by atomic mass is 10.1. The molecule has 1 atom stereocenters. The van der Waals surface area contributed by atoms with Crippen molar-refractivity contribution >= 4 is 17.2 Å². The van der Waals surface area contributed by atoms with E-state index in [0.29, 0.717) is 0 Å². The van der Waals surface area contributed by atoms with E-state index in [0.717, 1.165) is 9.88 Å². The van der Waals surface area contributed by atoms with E-state index >= 15 is 0 Å². The Morgan fingerprint density at radius 1 is 1.67 bits per heavy atom. The third-order valence-electron chi connectivity index (χ3n) is 1.94. The van der Waals surface area contributed by atoms with E-state index in [2.05, 4.69) is 10.3 Å². The van der Waals surface area contributed by atoms with Gasteiger partial charge in [-0.25, -0.2) is 4.98 Å². The lowest BCUT2D eigenvalue weighted by Gasteiger charge is -2.20. The Morgan fingerprint density at radius 3 is 2.67 bits per heavy atom. The lowest BCUT2D eigenvalue weighted by Crippen LogP contribution is -2.49. The molecular formula is C10H17N3OS. The van der Waals surface area contributed by atoms with Crippen molar-refractivity contribution in [1.82, 2.24) is 10.3 Å². The van der Waals surface area contributed by atoms with E-state index in [1.54, 1.807) is 31.4 Å². The van der Waals surface area contributed by atoms with Crippen LogP contribution >= 0.6 is 11.3 Å². The normalized spacial score (nSPS) is 13.7. The van der Waals surface area contributed by atoms with Gasteiger partial charge in [0.05, 0.1) is 11.6 Å². The number of hydrogen-bond donors (Lipinski definition) is 2. The first-order valence-corrected chi connectivity index (χ1v) is 5.64. The molecule has 4 nitrogen and oxygen atoms in total. The fourth-order valence-electron chi connectivity index (χ4n) is 1.02. The third-order valence-corrected chi connectivity index (χ3v) is 3.04. The molecule has 5 heteroatoms. The predicted molar refractivity (Wildman–Crippen MR) is 61.7 cm³/mol. The van der Waals surface area contributed by atoms with E-state index in [-0.39, 0.29) is 11.9 Å². The maximum atomic E-state index is 11.6. The minimum atomic E-state index is -0.847. The van der Waals surface area contributed by atoms with Gasteiger partial charge in [-0.05, 0) is 27.7 Å². The second-order valence-corrected chi connectivity index (χ2v) is 5.49. The molecule has 1 aromatic rings. The van der Waals surface area contributed by atoms with E-state index in [1.165, 1.54) is 0 Å². The Labute approximate surface area is 93.9 Å². The van der Waals surface area contributed by atoms with Crippen molar-refractivity contribution in [2.24, 2.45) is 5.73 Å². The van der Waals surface area contributed by atoms with Crippen molar-refractivity contribution < 1.29 is 4.79 Å². The molecule has 1 rings (SSSR count). The minimum Gasteiger partial charge on any atom is -0.346 e. The Morgan fingerprint density at radius 2 is 2.27 bits per heavy atom. The Bertz CT molecular complexity index is 354. The van der Waals surface area contributed by atoms with Gasteiger partial charge in [-0.3, -0.25) is 4.79 Å². The molecule has 15 heavy (non-hydrogen) atoms. The molecule has 0 spiro atoms. The average Bonchev–Trinajstić information content (AvgIpc) is 2.50. The van der Waals surface area contributed by atoms with Crippen molar-refractivity contribution in [3.05, 3.63) is 16.1 Å². The Kier molecular flexibility index (Phi) is 3.46. The van der Waals surface area contributed by atoms with Gasteiger partial charge in [0.15, 0.2) is 0 Å². The van der Waals surface area contributed by atoms with Crippen molar-refractivity contribution in [2.75, 3.05) is 0 Å². The first-order chi connectivity index (χ1) is 6.80. The van der Waals surface area contributed by atoms with Crippen LogP contribution < -0.4 is 11.1 Å². The summed E-state index contributed by atoms with van der Waals surface area (Å²) in [6.45, 7) is 7.26. The zero-order valence-electron chi connectivity index (χ0n) is 9.50. The smallest absolute Gasteiger partial charge is 0.240 e. The number of hydrogen-bond acceptors (Lipinski definition) is 4. The van der Waals surface area contributed by atoms with Crippen LogP contribution in [0.4, 0.5) is 0 Å². The SMILES string of the molecule is Cc1cnc(C(C)NC(=O)C(C)(C)N)s1. The Balaban J connectivity index is 2.64. The Hall–Kier alpha value is -0.940. The van der Waals surface area contributed by atoms with Gasteiger partial charge in [-0.2, -0.15) is 0 Å². The fraction of sp³-hybridized carbons (Fsp3) is 0.600. The summed E-state index contributed by atoms with van der Waals surface area (Å²) in [5.41, 5.74) is 4.83. The van der Waals surface area contributed by atoms with Crippen LogP contribution in [0.25, 0.3) is 0 Å². The maximum absolute atomic E-state index is 11.6. The van der Waals surface area contributed by atoms with Gasteiger partial charge in [-0.1, -0.05) is 0 Å². The quantitative estimate of drug-likeness (QED) is 0.819. The summed E-state index contributed by atoms with van der Waals surface area (Å²) in [5.74, 6) is -0.164.